The highest BCUT2D eigenvalue weighted by Crippen LogP contribution is 2.18. The summed E-state index contributed by atoms with van der Waals surface area (Å²) in [5, 5.41) is 11.4. The summed E-state index contributed by atoms with van der Waals surface area (Å²) < 4.78 is 5.30. The fraction of sp³-hybridized carbons (Fsp3) is 0.667. The molecule has 1 atom stereocenters. The van der Waals surface area contributed by atoms with Gasteiger partial charge in [0.2, 0.25) is 11.8 Å². The second-order valence-corrected chi connectivity index (χ2v) is 5.27. The number of nitrogens with one attached hydrogen (secondary N) is 1. The standard InChI is InChI=1S/C15H24N4O2/c1-3-6-14(20)16-12-7-5-10-19(11-12)13-8-9-15(18-17-13)21-4-2/h8-9,12H,3-7,10-11H2,1-2H3,(H,16,20)/t12-/m1/s1. The third-order valence-corrected chi connectivity index (χ3v) is 3.51. The normalized spacial score (nSPS) is 18.4. The van der Waals surface area contributed by atoms with Gasteiger partial charge < -0.3 is 15.0 Å². The number of piperidine rings is 1. The van der Waals surface area contributed by atoms with E-state index >= 15 is 0 Å². The van der Waals surface area contributed by atoms with E-state index in [2.05, 4.69) is 20.4 Å². The summed E-state index contributed by atoms with van der Waals surface area (Å²) in [5.74, 6) is 1.53. The molecule has 0 saturated carbocycles. The number of aromatic nitrogens is 2. The highest BCUT2D eigenvalue weighted by Gasteiger charge is 2.22. The quantitative estimate of drug-likeness (QED) is 0.865. The second kappa shape index (κ2) is 7.81. The molecule has 6 nitrogen and oxygen atoms in total. The first-order valence-electron chi connectivity index (χ1n) is 7.73. The Balaban J connectivity index is 1.92. The Hall–Kier alpha value is -1.85. The molecule has 6 heteroatoms. The molecule has 0 radical (unpaired) electrons. The maximum absolute atomic E-state index is 11.7. The van der Waals surface area contributed by atoms with Gasteiger partial charge in [0, 0.05) is 31.6 Å². The van der Waals surface area contributed by atoms with Crippen LogP contribution in [-0.2, 0) is 4.79 Å². The summed E-state index contributed by atoms with van der Waals surface area (Å²) in [6.45, 7) is 6.26. The average molecular weight is 292 g/mol. The van der Waals surface area contributed by atoms with Crippen LogP contribution in [0.3, 0.4) is 0 Å². The summed E-state index contributed by atoms with van der Waals surface area (Å²) in [7, 11) is 0. The van der Waals surface area contributed by atoms with Gasteiger partial charge in [-0.3, -0.25) is 4.79 Å². The number of rotatable bonds is 6. The molecule has 0 aromatic carbocycles. The molecule has 0 aliphatic carbocycles. The van der Waals surface area contributed by atoms with Gasteiger partial charge in [-0.15, -0.1) is 10.2 Å². The molecule has 0 spiro atoms. The topological polar surface area (TPSA) is 67.4 Å². The number of carbonyl (C=O) groups is 1. The maximum atomic E-state index is 11.7. The Morgan fingerprint density at radius 3 is 2.95 bits per heavy atom. The molecule has 1 saturated heterocycles. The van der Waals surface area contributed by atoms with Crippen LogP contribution in [0.15, 0.2) is 12.1 Å². The molecular formula is C15H24N4O2. The Morgan fingerprint density at radius 2 is 2.29 bits per heavy atom. The van der Waals surface area contributed by atoms with Crippen molar-refractivity contribution in [2.75, 3.05) is 24.6 Å². The number of hydrogen-bond donors (Lipinski definition) is 1. The summed E-state index contributed by atoms with van der Waals surface area (Å²) in [4.78, 5) is 13.9. The van der Waals surface area contributed by atoms with E-state index in [0.717, 1.165) is 38.2 Å². The molecular weight excluding hydrogens is 268 g/mol. The van der Waals surface area contributed by atoms with Gasteiger partial charge in [0.25, 0.3) is 0 Å². The molecule has 21 heavy (non-hydrogen) atoms. The van der Waals surface area contributed by atoms with Gasteiger partial charge >= 0.3 is 0 Å². The van der Waals surface area contributed by atoms with E-state index in [1.807, 2.05) is 26.0 Å². The van der Waals surface area contributed by atoms with E-state index in [1.54, 1.807) is 0 Å². The number of ether oxygens (including phenoxy) is 1. The third kappa shape index (κ3) is 4.58. The molecule has 1 amide bonds. The van der Waals surface area contributed by atoms with Crippen molar-refractivity contribution in [3.63, 3.8) is 0 Å². The third-order valence-electron chi connectivity index (χ3n) is 3.51. The number of hydrogen-bond acceptors (Lipinski definition) is 5. The Bertz CT molecular complexity index is 449. The van der Waals surface area contributed by atoms with Gasteiger partial charge in [-0.2, -0.15) is 0 Å². The Morgan fingerprint density at radius 1 is 1.43 bits per heavy atom. The molecule has 1 aliphatic rings. The van der Waals surface area contributed by atoms with E-state index < -0.39 is 0 Å². The van der Waals surface area contributed by atoms with Gasteiger partial charge in [-0.25, -0.2) is 0 Å². The van der Waals surface area contributed by atoms with E-state index in [9.17, 15) is 4.79 Å². The summed E-state index contributed by atoms with van der Waals surface area (Å²) in [6.07, 6.45) is 3.55. The predicted octanol–water partition coefficient (Wildman–Crippen LogP) is 1.76. The average Bonchev–Trinajstić information content (AvgIpc) is 2.49. The number of anilines is 1. The highest BCUT2D eigenvalue weighted by atomic mass is 16.5. The molecule has 1 aliphatic heterocycles. The molecule has 0 unspecified atom stereocenters. The lowest BCUT2D eigenvalue weighted by Crippen LogP contribution is -2.48. The largest absolute Gasteiger partial charge is 0.477 e. The minimum absolute atomic E-state index is 0.141. The van der Waals surface area contributed by atoms with Crippen molar-refractivity contribution in [1.29, 1.82) is 0 Å². The van der Waals surface area contributed by atoms with Gasteiger partial charge in [-0.1, -0.05) is 6.92 Å². The van der Waals surface area contributed by atoms with Crippen LogP contribution in [0.1, 0.15) is 39.5 Å². The van der Waals surface area contributed by atoms with Crippen LogP contribution >= 0.6 is 0 Å². The molecule has 1 aromatic heterocycles. The molecule has 1 aromatic rings. The molecule has 2 heterocycles. The number of carbonyl (C=O) groups excluding carboxylic acids is 1. The first kappa shape index (κ1) is 15.5. The van der Waals surface area contributed by atoms with Crippen molar-refractivity contribution in [2.24, 2.45) is 0 Å². The molecule has 2 rings (SSSR count). The second-order valence-electron chi connectivity index (χ2n) is 5.27. The highest BCUT2D eigenvalue weighted by molar-refractivity contribution is 5.76. The molecule has 0 bridgehead atoms. The fourth-order valence-corrected chi connectivity index (χ4v) is 2.54. The summed E-state index contributed by atoms with van der Waals surface area (Å²) >= 11 is 0. The van der Waals surface area contributed by atoms with Crippen LogP contribution in [0.4, 0.5) is 5.82 Å². The van der Waals surface area contributed by atoms with Crippen molar-refractivity contribution >= 4 is 11.7 Å². The SMILES string of the molecule is CCCC(=O)N[C@@H]1CCCN(c2ccc(OCC)nn2)C1. The van der Waals surface area contributed by atoms with Gasteiger partial charge in [0.15, 0.2) is 5.82 Å². The first-order valence-corrected chi connectivity index (χ1v) is 7.73. The van der Waals surface area contributed by atoms with Crippen molar-refractivity contribution in [3.05, 3.63) is 12.1 Å². The fourth-order valence-electron chi connectivity index (χ4n) is 2.54. The Kier molecular flexibility index (Phi) is 5.78. The number of nitrogens with zero attached hydrogens (tertiary/aromatic N) is 3. The zero-order valence-electron chi connectivity index (χ0n) is 12.8. The molecule has 1 N–H and O–H groups in total. The van der Waals surface area contributed by atoms with E-state index in [1.165, 1.54) is 0 Å². The van der Waals surface area contributed by atoms with Crippen LogP contribution in [-0.4, -0.2) is 41.8 Å². The van der Waals surface area contributed by atoms with Crippen LogP contribution < -0.4 is 15.0 Å². The van der Waals surface area contributed by atoms with E-state index in [4.69, 9.17) is 4.74 Å². The minimum Gasteiger partial charge on any atom is -0.477 e. The molecule has 1 fully saturated rings. The van der Waals surface area contributed by atoms with Gasteiger partial charge in [0.05, 0.1) is 6.61 Å². The van der Waals surface area contributed by atoms with Crippen LogP contribution in [0, 0.1) is 0 Å². The lowest BCUT2D eigenvalue weighted by atomic mass is 10.1. The first-order chi connectivity index (χ1) is 10.2. The van der Waals surface area contributed by atoms with Crippen LogP contribution in [0.5, 0.6) is 5.88 Å². The zero-order chi connectivity index (χ0) is 15.1. The van der Waals surface area contributed by atoms with E-state index in [-0.39, 0.29) is 11.9 Å². The van der Waals surface area contributed by atoms with Gasteiger partial charge in [-0.05, 0) is 32.3 Å². The van der Waals surface area contributed by atoms with Crippen LogP contribution in [0.2, 0.25) is 0 Å². The van der Waals surface area contributed by atoms with Crippen molar-refractivity contribution in [3.8, 4) is 5.88 Å². The van der Waals surface area contributed by atoms with Crippen molar-refractivity contribution < 1.29 is 9.53 Å². The zero-order valence-corrected chi connectivity index (χ0v) is 12.8. The van der Waals surface area contributed by atoms with Crippen molar-refractivity contribution in [1.82, 2.24) is 15.5 Å². The minimum atomic E-state index is 0.141. The van der Waals surface area contributed by atoms with E-state index in [0.29, 0.717) is 18.9 Å². The summed E-state index contributed by atoms with van der Waals surface area (Å²) in [5.41, 5.74) is 0. The molecule has 116 valence electrons. The lowest BCUT2D eigenvalue weighted by Gasteiger charge is -2.33. The number of amides is 1. The maximum Gasteiger partial charge on any atom is 0.233 e. The predicted molar refractivity (Wildman–Crippen MR) is 81.5 cm³/mol. The lowest BCUT2D eigenvalue weighted by molar-refractivity contribution is -0.121. The van der Waals surface area contributed by atoms with Crippen LogP contribution in [0.25, 0.3) is 0 Å². The summed E-state index contributed by atoms with van der Waals surface area (Å²) in [6, 6.07) is 3.96. The van der Waals surface area contributed by atoms with Crippen molar-refractivity contribution in [2.45, 2.75) is 45.6 Å². The Labute approximate surface area is 125 Å². The monoisotopic (exact) mass is 292 g/mol. The smallest absolute Gasteiger partial charge is 0.233 e. The van der Waals surface area contributed by atoms with Gasteiger partial charge in [0.1, 0.15) is 0 Å².